The van der Waals surface area contributed by atoms with Gasteiger partial charge in [0, 0.05) is 0 Å². The summed E-state index contributed by atoms with van der Waals surface area (Å²) in [5.74, 6) is -0.860. The van der Waals surface area contributed by atoms with E-state index in [-0.39, 0.29) is 12.2 Å². The van der Waals surface area contributed by atoms with Crippen LogP contribution in [0.1, 0.15) is 5.56 Å². The summed E-state index contributed by atoms with van der Waals surface area (Å²) in [6.07, 6.45) is 0.273. The van der Waals surface area contributed by atoms with Crippen LogP contribution in [0.5, 0.6) is 5.75 Å². The molecule has 0 aliphatic rings. The van der Waals surface area contributed by atoms with Crippen molar-refractivity contribution in [3.63, 3.8) is 0 Å². The van der Waals surface area contributed by atoms with Crippen LogP contribution in [-0.2, 0) is 11.2 Å². The van der Waals surface area contributed by atoms with Crippen LogP contribution in [0.15, 0.2) is 24.3 Å². The van der Waals surface area contributed by atoms with Crippen LogP contribution in [0.2, 0.25) is 0 Å². The minimum atomic E-state index is -1.02. The molecule has 0 saturated heterocycles. The summed E-state index contributed by atoms with van der Waals surface area (Å²) in [7, 11) is 0. The maximum absolute atomic E-state index is 10.4. The average Bonchev–Trinajstić information content (AvgIpc) is 2.08. The van der Waals surface area contributed by atoms with E-state index >= 15 is 0 Å². The summed E-state index contributed by atoms with van der Waals surface area (Å²) in [6, 6.07) is 5.42. The lowest BCUT2D eigenvalue weighted by Gasteiger charge is -2.05. The number of nitrogens with two attached hydrogens (primary N) is 1. The largest absolute Gasteiger partial charge is 0.508 e. The van der Waals surface area contributed by atoms with Crippen LogP contribution >= 0.6 is 0 Å². The van der Waals surface area contributed by atoms with Gasteiger partial charge in [0.2, 0.25) is 0 Å². The predicted octanol–water partition coefficient (Wildman–Crippen LogP) is 0.347. The van der Waals surface area contributed by atoms with Gasteiger partial charge in [0.05, 0.1) is 0 Å². The fraction of sp³-hybridized carbons (Fsp3) is 0.222. The smallest absolute Gasteiger partial charge is 0.320 e. The number of aliphatic carboxylic acids is 1. The summed E-state index contributed by atoms with van der Waals surface area (Å²) in [5.41, 5.74) is 6.12. The van der Waals surface area contributed by atoms with Crippen molar-refractivity contribution in [1.82, 2.24) is 0 Å². The van der Waals surface area contributed by atoms with Gasteiger partial charge in [-0.25, -0.2) is 0 Å². The molecule has 0 spiro atoms. The van der Waals surface area contributed by atoms with Crippen LogP contribution in [0.3, 0.4) is 0 Å². The molecule has 4 N–H and O–H groups in total. The predicted molar refractivity (Wildman–Crippen MR) is 47.4 cm³/mol. The molecule has 0 amide bonds. The van der Waals surface area contributed by atoms with E-state index in [1.807, 2.05) is 0 Å². The van der Waals surface area contributed by atoms with Crippen molar-refractivity contribution in [3.05, 3.63) is 29.8 Å². The van der Waals surface area contributed by atoms with Crippen molar-refractivity contribution in [2.24, 2.45) is 5.73 Å². The number of phenols is 1. The van der Waals surface area contributed by atoms with E-state index in [1.165, 1.54) is 12.1 Å². The number of hydrogen-bond donors (Lipinski definition) is 3. The van der Waals surface area contributed by atoms with Crippen LogP contribution in [0.25, 0.3) is 0 Å². The monoisotopic (exact) mass is 182 g/mol. The molecule has 0 unspecified atom stereocenters. The van der Waals surface area contributed by atoms with E-state index in [0.717, 1.165) is 5.56 Å². The molecule has 4 heteroatoms. The molecule has 0 fully saturated rings. The number of carbonyl (C=O) groups is 1. The maximum Gasteiger partial charge on any atom is 0.320 e. The molecule has 0 aliphatic carbocycles. The van der Waals surface area contributed by atoms with Crippen LogP contribution in [0.4, 0.5) is 0 Å². The van der Waals surface area contributed by atoms with Gasteiger partial charge >= 0.3 is 5.97 Å². The van der Waals surface area contributed by atoms with Crippen molar-refractivity contribution < 1.29 is 15.0 Å². The Bertz CT molecular complexity index is 294. The molecule has 1 atom stereocenters. The lowest BCUT2D eigenvalue weighted by atomic mass is 10.2. The maximum atomic E-state index is 10.4. The molecule has 0 radical (unpaired) electrons. The lowest BCUT2D eigenvalue weighted by Crippen LogP contribution is -2.32. The number of aromatic hydroxyl groups is 1. The van der Waals surface area contributed by atoms with Gasteiger partial charge in [-0.3, -0.25) is 4.79 Å². The first-order chi connectivity index (χ1) is 6.09. The molecular weight excluding hydrogens is 171 g/mol. The summed E-state index contributed by atoms with van der Waals surface area (Å²) in [5, 5.41) is 17.5. The highest BCUT2D eigenvalue weighted by molar-refractivity contribution is 5.73. The van der Waals surface area contributed by atoms with E-state index in [2.05, 4.69) is 0 Å². The van der Waals surface area contributed by atoms with E-state index < -0.39 is 12.0 Å². The summed E-state index contributed by atoms with van der Waals surface area (Å²) >= 11 is 0. The zero-order valence-electron chi connectivity index (χ0n) is 6.97. The number of phenolic OH excluding ortho intramolecular Hbond substituents is 1. The third kappa shape index (κ3) is 2.76. The number of carboxylic acid groups (broad SMARTS) is 1. The van der Waals surface area contributed by atoms with E-state index in [1.54, 1.807) is 12.1 Å². The normalized spacial score (nSPS) is 12.4. The lowest BCUT2D eigenvalue weighted by molar-refractivity contribution is -0.138. The first-order valence-corrected chi connectivity index (χ1v) is 3.86. The highest BCUT2D eigenvalue weighted by Crippen LogP contribution is 2.10. The minimum absolute atomic E-state index is 0.160. The van der Waals surface area contributed by atoms with Gasteiger partial charge in [0.15, 0.2) is 0 Å². The van der Waals surface area contributed by atoms with Gasteiger partial charge in [0.1, 0.15) is 11.8 Å². The fourth-order valence-corrected chi connectivity index (χ4v) is 0.973. The Morgan fingerprint density at radius 1 is 1.38 bits per heavy atom. The summed E-state index contributed by atoms with van der Waals surface area (Å²) in [6.45, 7) is 0. The van der Waals surface area contributed by atoms with Crippen LogP contribution < -0.4 is 5.73 Å². The Morgan fingerprint density at radius 3 is 2.38 bits per heavy atom. The van der Waals surface area contributed by atoms with Crippen molar-refractivity contribution >= 4 is 5.97 Å². The number of benzene rings is 1. The molecule has 70 valence electrons. The fourth-order valence-electron chi connectivity index (χ4n) is 0.973. The highest BCUT2D eigenvalue weighted by Gasteiger charge is 2.11. The van der Waals surface area contributed by atoms with E-state index in [0.29, 0.717) is 0 Å². The number of hydrogen-bond acceptors (Lipinski definition) is 3. The van der Waals surface area contributed by atoms with Crippen LogP contribution in [-0.4, -0.2) is 22.2 Å². The average molecular weight is 182 g/mol. The molecule has 13 heavy (non-hydrogen) atoms. The summed E-state index contributed by atoms with van der Waals surface area (Å²) < 4.78 is 0. The number of rotatable bonds is 3. The molecule has 0 heterocycles. The third-order valence-corrected chi connectivity index (χ3v) is 1.71. The number of carboxylic acids is 1. The quantitative estimate of drug-likeness (QED) is 0.629. The standard InChI is InChI=1S/C9H11NO3/c10-8(9(12)13)5-6-1-3-7(11)4-2-6/h1-4,8,11H,5,10H2,(H,12,13)/t8-/m0/s1/i6+1. The third-order valence-electron chi connectivity index (χ3n) is 1.71. The summed E-state index contributed by atoms with van der Waals surface area (Å²) in [4.78, 5) is 10.4. The first kappa shape index (κ1) is 9.54. The second kappa shape index (κ2) is 3.91. The Balaban J connectivity index is 2.64. The van der Waals surface area contributed by atoms with Gasteiger partial charge in [-0.05, 0) is 24.1 Å². The Morgan fingerprint density at radius 2 is 1.92 bits per heavy atom. The van der Waals surface area contributed by atoms with Crippen molar-refractivity contribution in [3.8, 4) is 5.75 Å². The molecule has 0 bridgehead atoms. The zero-order chi connectivity index (χ0) is 9.84. The SMILES string of the molecule is N[C@@H](C[13c]1ccc(O)cc1)C(=O)O. The Hall–Kier alpha value is -1.55. The minimum Gasteiger partial charge on any atom is -0.508 e. The first-order valence-electron chi connectivity index (χ1n) is 3.86. The molecule has 0 saturated carbocycles. The molecule has 0 aliphatic heterocycles. The van der Waals surface area contributed by atoms with Crippen molar-refractivity contribution in [2.75, 3.05) is 0 Å². The molecule has 0 aromatic heterocycles. The zero-order valence-corrected chi connectivity index (χ0v) is 6.97. The van der Waals surface area contributed by atoms with Crippen LogP contribution in [0, 0.1) is 0 Å². The van der Waals surface area contributed by atoms with Gasteiger partial charge in [-0.1, -0.05) is 12.1 Å². The molecule has 1 rings (SSSR count). The van der Waals surface area contributed by atoms with Gasteiger partial charge in [0.25, 0.3) is 0 Å². The molecular formula is C9H11NO3. The second-order valence-corrected chi connectivity index (χ2v) is 2.82. The highest BCUT2D eigenvalue weighted by atomic mass is 16.4. The topological polar surface area (TPSA) is 83.5 Å². The van der Waals surface area contributed by atoms with Crippen molar-refractivity contribution in [1.29, 1.82) is 0 Å². The second-order valence-electron chi connectivity index (χ2n) is 2.82. The van der Waals surface area contributed by atoms with E-state index in [4.69, 9.17) is 15.9 Å². The Labute approximate surface area is 75.6 Å². The van der Waals surface area contributed by atoms with Crippen molar-refractivity contribution in [2.45, 2.75) is 12.5 Å². The Kier molecular flexibility index (Phi) is 2.87. The van der Waals surface area contributed by atoms with Gasteiger partial charge < -0.3 is 15.9 Å². The van der Waals surface area contributed by atoms with Gasteiger partial charge in [-0.15, -0.1) is 0 Å². The van der Waals surface area contributed by atoms with E-state index in [9.17, 15) is 4.79 Å². The molecule has 1 aromatic carbocycles. The molecule has 4 nitrogen and oxygen atoms in total. The van der Waals surface area contributed by atoms with Gasteiger partial charge in [-0.2, -0.15) is 0 Å². The molecule has 1 aromatic rings.